The van der Waals surface area contributed by atoms with Crippen molar-refractivity contribution in [2.45, 2.75) is 7.43 Å². The summed E-state index contributed by atoms with van der Waals surface area (Å²) in [6.45, 7) is 0. The second-order valence-corrected chi connectivity index (χ2v) is 1.10. The second kappa shape index (κ2) is 17.2. The molecule has 0 aliphatic carbocycles. The normalized spacial score (nSPS) is 2.83. The fourth-order valence-electron chi connectivity index (χ4n) is 0. The van der Waals surface area contributed by atoms with Crippen LogP contribution in [-0.2, 0) is 17.1 Å². The van der Waals surface area contributed by atoms with Gasteiger partial charge in [0, 0.05) is 17.1 Å². The van der Waals surface area contributed by atoms with E-state index in [-0.39, 0.29) is 24.5 Å². The SMILES string of the molecule is C.[Cu].[N-]=[N+]=[N][PbH]. The summed E-state index contributed by atoms with van der Waals surface area (Å²) in [7, 11) is 0. The molecule has 0 unspecified atom stereocenters. The third kappa shape index (κ3) is 21.8. The Labute approximate surface area is 63.7 Å². The molecule has 0 heterocycles. The van der Waals surface area contributed by atoms with E-state index in [1.54, 1.807) is 0 Å². The quantitative estimate of drug-likeness (QED) is 0.272. The van der Waals surface area contributed by atoms with Gasteiger partial charge in [-0.15, -0.1) is 0 Å². The Kier molecular flexibility index (Phi) is 45.4. The third-order valence-corrected chi connectivity index (χ3v) is 0.453. The van der Waals surface area contributed by atoms with Crippen LogP contribution in [0.1, 0.15) is 7.43 Å². The van der Waals surface area contributed by atoms with Gasteiger partial charge in [0.25, 0.3) is 0 Å². The van der Waals surface area contributed by atoms with Crippen molar-refractivity contribution >= 4 is 26.1 Å². The zero-order valence-corrected chi connectivity index (χ0v) is 7.65. The van der Waals surface area contributed by atoms with Gasteiger partial charge in [-0.1, -0.05) is 7.43 Å². The zero-order valence-electron chi connectivity index (χ0n) is 2.22. The predicted octanol–water partition coefficient (Wildman–Crippen LogP) is 0.746. The van der Waals surface area contributed by atoms with Crippen LogP contribution in [0.15, 0.2) is 2.92 Å². The van der Waals surface area contributed by atoms with Gasteiger partial charge in [-0.2, -0.15) is 0 Å². The summed E-state index contributed by atoms with van der Waals surface area (Å²) in [6, 6.07) is 0. The zero-order chi connectivity index (χ0) is 3.41. The van der Waals surface area contributed by atoms with Gasteiger partial charge >= 0.3 is 39.4 Å². The maximum absolute atomic E-state index is 7.38. The Morgan fingerprint density at radius 1 is 1.67 bits per heavy atom. The molecule has 0 fully saturated rings. The summed E-state index contributed by atoms with van der Waals surface area (Å²) >= 11 is 0.440. The molecule has 0 aliphatic heterocycles. The number of nitrogens with zero attached hydrogens (tertiary/aromatic N) is 3. The Bertz CT molecular complexity index is 48.8. The molecule has 0 aliphatic rings. The van der Waals surface area contributed by atoms with Gasteiger partial charge in [-0.05, 0) is 0 Å². The molecular weight excluding hydrogens is 325 g/mol. The molecule has 0 saturated heterocycles. The van der Waals surface area contributed by atoms with Crippen molar-refractivity contribution in [3.8, 4) is 0 Å². The van der Waals surface area contributed by atoms with Crippen LogP contribution in [0.4, 0.5) is 0 Å². The van der Waals surface area contributed by atoms with Crippen LogP contribution < -0.4 is 0 Å². The molecule has 39 valence electrons. The Hall–Kier alpha value is 0.752. The van der Waals surface area contributed by atoms with Gasteiger partial charge in [0.1, 0.15) is 0 Å². The number of hydrogen-bond acceptors (Lipinski definition) is 1. The molecule has 0 aromatic carbocycles. The van der Waals surface area contributed by atoms with Gasteiger partial charge in [0.05, 0.1) is 0 Å². The number of hydrogen-bond donors (Lipinski definition) is 0. The van der Waals surface area contributed by atoms with E-state index in [1.165, 1.54) is 0 Å². The van der Waals surface area contributed by atoms with Crippen LogP contribution in [0.3, 0.4) is 0 Å². The molecular formula is CH5CuN3Pb. The summed E-state index contributed by atoms with van der Waals surface area (Å²) < 4.78 is 3.08. The first-order chi connectivity index (χ1) is 1.91. The van der Waals surface area contributed by atoms with Crippen molar-refractivity contribution in [2.24, 2.45) is 2.92 Å². The minimum atomic E-state index is 0. The van der Waals surface area contributed by atoms with Gasteiger partial charge in [0.15, 0.2) is 0 Å². The molecule has 5 heteroatoms. The molecule has 0 bridgehead atoms. The first-order valence-electron chi connectivity index (χ1n) is 0.658. The van der Waals surface area contributed by atoms with Crippen LogP contribution >= 0.6 is 0 Å². The third-order valence-electron chi connectivity index (χ3n) is 0.0516. The molecule has 6 heavy (non-hydrogen) atoms. The molecule has 0 amide bonds. The van der Waals surface area contributed by atoms with Crippen molar-refractivity contribution in [2.75, 3.05) is 0 Å². The van der Waals surface area contributed by atoms with E-state index >= 15 is 0 Å². The Morgan fingerprint density at radius 3 is 1.83 bits per heavy atom. The van der Waals surface area contributed by atoms with E-state index in [0.29, 0.717) is 26.1 Å². The topological polar surface area (TPSA) is 48.8 Å². The van der Waals surface area contributed by atoms with E-state index in [4.69, 9.17) is 5.53 Å². The van der Waals surface area contributed by atoms with Crippen LogP contribution in [0.5, 0.6) is 0 Å². The summed E-state index contributed by atoms with van der Waals surface area (Å²) in [4.78, 5) is 2.44. The average Bonchev–Trinajstić information content (AvgIpc) is 1.37. The second-order valence-electron chi connectivity index (χ2n) is 0.205. The standard InChI is InChI=1S/CH4.Cu.N3.Pb.H/c;;1-3-2;;/h1H4;;;;/q;;-1;+1;. The van der Waals surface area contributed by atoms with Gasteiger partial charge in [-0.25, -0.2) is 0 Å². The minimum absolute atomic E-state index is 0. The molecule has 0 aromatic heterocycles. The molecule has 3 nitrogen and oxygen atoms in total. The fourth-order valence-corrected chi connectivity index (χ4v) is 0. The van der Waals surface area contributed by atoms with Gasteiger partial charge in [0.2, 0.25) is 0 Å². The van der Waals surface area contributed by atoms with Crippen LogP contribution in [0.2, 0.25) is 0 Å². The molecule has 0 spiro atoms. The molecule has 0 N–H and O–H groups in total. The summed E-state index contributed by atoms with van der Waals surface area (Å²) in [5.74, 6) is 0. The van der Waals surface area contributed by atoms with Crippen molar-refractivity contribution < 1.29 is 17.1 Å². The number of rotatable bonds is 0. The Morgan fingerprint density at radius 2 is 1.83 bits per heavy atom. The first-order valence-corrected chi connectivity index (χ1v) is 2.67. The van der Waals surface area contributed by atoms with Crippen LogP contribution in [0.25, 0.3) is 10.4 Å². The molecule has 0 rings (SSSR count). The Balaban J connectivity index is -0.0000000450. The number of azide groups is 1. The summed E-state index contributed by atoms with van der Waals surface area (Å²) in [5.41, 5.74) is 7.38. The molecule has 0 aromatic rings. The van der Waals surface area contributed by atoms with E-state index in [2.05, 4.69) is 7.84 Å². The van der Waals surface area contributed by atoms with Crippen molar-refractivity contribution in [3.05, 3.63) is 10.4 Å². The van der Waals surface area contributed by atoms with E-state index in [1.807, 2.05) is 0 Å². The van der Waals surface area contributed by atoms with Gasteiger partial charge in [-0.3, -0.25) is 0 Å². The van der Waals surface area contributed by atoms with E-state index in [9.17, 15) is 0 Å². The molecule has 3 radical (unpaired) electrons. The summed E-state index contributed by atoms with van der Waals surface area (Å²) in [6.07, 6.45) is 0. The van der Waals surface area contributed by atoms with Crippen molar-refractivity contribution in [1.29, 1.82) is 0 Å². The molecule has 0 atom stereocenters. The van der Waals surface area contributed by atoms with E-state index in [0.717, 1.165) is 0 Å². The summed E-state index contributed by atoms with van der Waals surface area (Å²) in [5, 5.41) is 0. The average molecular weight is 330 g/mol. The van der Waals surface area contributed by atoms with Crippen molar-refractivity contribution in [1.82, 2.24) is 0 Å². The monoisotopic (exact) mass is 330 g/mol. The fraction of sp³-hybridized carbons (Fsp3) is 1.00. The molecule has 0 saturated carbocycles. The van der Waals surface area contributed by atoms with Crippen LogP contribution in [-0.4, -0.2) is 26.1 Å². The van der Waals surface area contributed by atoms with Crippen molar-refractivity contribution in [3.63, 3.8) is 0 Å². The van der Waals surface area contributed by atoms with Crippen LogP contribution in [0, 0.1) is 0 Å². The van der Waals surface area contributed by atoms with Gasteiger partial charge < -0.3 is 0 Å². The predicted molar refractivity (Wildman–Crippen MR) is 23.0 cm³/mol. The van der Waals surface area contributed by atoms with E-state index < -0.39 is 0 Å². The maximum atomic E-state index is 7.38. The first kappa shape index (κ1) is 15.9.